The van der Waals surface area contributed by atoms with Gasteiger partial charge in [0.1, 0.15) is 5.78 Å². The molecular formula is C27H27ClN4O. The first-order valence-electron chi connectivity index (χ1n) is 11.5. The normalized spacial score (nSPS) is 18.4. The lowest BCUT2D eigenvalue weighted by Crippen LogP contribution is -2.32. The van der Waals surface area contributed by atoms with Crippen LogP contribution in [-0.4, -0.2) is 26.8 Å². The minimum Gasteiger partial charge on any atom is -0.360 e. The Morgan fingerprint density at radius 3 is 2.82 bits per heavy atom. The molecule has 6 heteroatoms. The molecule has 2 atom stereocenters. The van der Waals surface area contributed by atoms with Crippen molar-refractivity contribution in [1.29, 1.82) is 0 Å². The van der Waals surface area contributed by atoms with Gasteiger partial charge < -0.3 is 10.3 Å². The van der Waals surface area contributed by atoms with Crippen molar-refractivity contribution in [2.75, 3.05) is 5.32 Å². The van der Waals surface area contributed by atoms with Gasteiger partial charge in [0.05, 0.1) is 16.9 Å². The van der Waals surface area contributed by atoms with Crippen LogP contribution in [0.4, 0.5) is 5.95 Å². The number of rotatable bonds is 6. The van der Waals surface area contributed by atoms with Crippen molar-refractivity contribution >= 4 is 34.2 Å². The van der Waals surface area contributed by atoms with E-state index in [4.69, 9.17) is 16.6 Å². The van der Waals surface area contributed by atoms with E-state index in [9.17, 15) is 4.79 Å². The van der Waals surface area contributed by atoms with Gasteiger partial charge in [-0.3, -0.25) is 4.79 Å². The van der Waals surface area contributed by atoms with Crippen LogP contribution < -0.4 is 5.32 Å². The van der Waals surface area contributed by atoms with E-state index in [1.54, 1.807) is 6.20 Å². The predicted octanol–water partition coefficient (Wildman–Crippen LogP) is 6.37. The molecule has 33 heavy (non-hydrogen) atoms. The van der Waals surface area contributed by atoms with Gasteiger partial charge >= 0.3 is 0 Å². The highest BCUT2D eigenvalue weighted by Gasteiger charge is 2.27. The number of ketones is 1. The number of aromatic amines is 1. The number of nitrogens with one attached hydrogen (secondary N) is 2. The molecule has 1 saturated carbocycles. The number of carbonyl (C=O) groups excluding carboxylic acids is 1. The van der Waals surface area contributed by atoms with E-state index in [-0.39, 0.29) is 12.0 Å². The van der Waals surface area contributed by atoms with Crippen LogP contribution in [0.5, 0.6) is 0 Å². The zero-order valence-electron chi connectivity index (χ0n) is 18.6. The topological polar surface area (TPSA) is 70.7 Å². The smallest absolute Gasteiger partial charge is 0.223 e. The maximum Gasteiger partial charge on any atom is 0.223 e. The summed E-state index contributed by atoms with van der Waals surface area (Å²) >= 11 is 6.47. The maximum absolute atomic E-state index is 12.9. The van der Waals surface area contributed by atoms with Crippen molar-refractivity contribution in [2.45, 2.75) is 45.1 Å². The van der Waals surface area contributed by atoms with Gasteiger partial charge in [-0.2, -0.15) is 0 Å². The summed E-state index contributed by atoms with van der Waals surface area (Å²) in [4.78, 5) is 25.4. The molecule has 0 saturated heterocycles. The molecule has 1 unspecified atom stereocenters. The fourth-order valence-electron chi connectivity index (χ4n) is 4.74. The maximum atomic E-state index is 12.9. The van der Waals surface area contributed by atoms with Crippen LogP contribution in [0, 0.1) is 12.8 Å². The van der Waals surface area contributed by atoms with Crippen LogP contribution in [0.2, 0.25) is 5.02 Å². The Bertz CT molecular complexity index is 1280. The molecule has 2 aromatic heterocycles. The summed E-state index contributed by atoms with van der Waals surface area (Å²) in [7, 11) is 0. The predicted molar refractivity (Wildman–Crippen MR) is 134 cm³/mol. The number of aromatic nitrogens is 3. The average molecular weight is 459 g/mol. The molecule has 1 aliphatic carbocycles. The summed E-state index contributed by atoms with van der Waals surface area (Å²) in [5.41, 5.74) is 5.00. The Hall–Kier alpha value is -3.18. The molecule has 2 aromatic carbocycles. The van der Waals surface area contributed by atoms with Crippen LogP contribution in [0.15, 0.2) is 60.9 Å². The van der Waals surface area contributed by atoms with Crippen molar-refractivity contribution in [1.82, 2.24) is 15.0 Å². The molecule has 2 heterocycles. The lowest BCUT2D eigenvalue weighted by atomic mass is 9.81. The Labute approximate surface area is 198 Å². The summed E-state index contributed by atoms with van der Waals surface area (Å²) < 4.78 is 0. The van der Waals surface area contributed by atoms with Gasteiger partial charge in [-0.05, 0) is 37.8 Å². The molecule has 0 spiro atoms. The molecule has 5 rings (SSSR count). The number of Topliss-reactive ketones (excluding diaryl/α,β-unsaturated/α-hetero) is 1. The van der Waals surface area contributed by atoms with Gasteiger partial charge in [-0.25, -0.2) is 9.97 Å². The van der Waals surface area contributed by atoms with E-state index < -0.39 is 0 Å². The largest absolute Gasteiger partial charge is 0.360 e. The first kappa shape index (κ1) is 21.7. The lowest BCUT2D eigenvalue weighted by Gasteiger charge is -2.29. The molecule has 0 amide bonds. The molecule has 0 bridgehead atoms. The van der Waals surface area contributed by atoms with Crippen LogP contribution >= 0.6 is 11.6 Å². The van der Waals surface area contributed by atoms with Gasteiger partial charge in [0.25, 0.3) is 0 Å². The lowest BCUT2D eigenvalue weighted by molar-refractivity contribution is -0.123. The molecule has 168 valence electrons. The number of anilines is 1. The van der Waals surface area contributed by atoms with Gasteiger partial charge in [0, 0.05) is 41.0 Å². The second kappa shape index (κ2) is 9.36. The number of carbonyl (C=O) groups is 1. The molecule has 1 aliphatic rings. The van der Waals surface area contributed by atoms with Crippen LogP contribution in [0.1, 0.15) is 36.8 Å². The van der Waals surface area contributed by atoms with Crippen LogP contribution in [0.25, 0.3) is 22.2 Å². The molecule has 0 aliphatic heterocycles. The number of aryl methyl sites for hydroxylation is 1. The van der Waals surface area contributed by atoms with Gasteiger partial charge in [-0.1, -0.05) is 66.0 Å². The number of hydrogen-bond acceptors (Lipinski definition) is 4. The van der Waals surface area contributed by atoms with Gasteiger partial charge in [0.2, 0.25) is 5.95 Å². The standard InChI is InChI=1S/C27H27ClN4O/c1-17-9-11-18(12-10-17)13-25(33)19-5-4-6-20(14-19)31-27-30-16-23(28)26(32-27)22-15-29-24-8-3-2-7-21(22)24/h2-3,7-12,15-16,19-20,29H,4-6,13-14H2,1H3,(H,30,31,32)/t19-,20?/m0/s1. The highest BCUT2D eigenvalue weighted by Crippen LogP contribution is 2.33. The number of fused-ring (bicyclic) bond motifs is 1. The molecule has 2 N–H and O–H groups in total. The third-order valence-electron chi connectivity index (χ3n) is 6.55. The average Bonchev–Trinajstić information content (AvgIpc) is 3.26. The van der Waals surface area contributed by atoms with E-state index in [1.807, 2.05) is 24.4 Å². The summed E-state index contributed by atoms with van der Waals surface area (Å²) in [5, 5.41) is 5.06. The van der Waals surface area contributed by atoms with Crippen molar-refractivity contribution in [3.63, 3.8) is 0 Å². The zero-order valence-corrected chi connectivity index (χ0v) is 19.4. The summed E-state index contributed by atoms with van der Waals surface area (Å²) in [6.45, 7) is 2.06. The third-order valence-corrected chi connectivity index (χ3v) is 6.83. The fraction of sp³-hybridized carbons (Fsp3) is 0.296. The van der Waals surface area contributed by atoms with Crippen molar-refractivity contribution in [2.24, 2.45) is 5.92 Å². The minimum atomic E-state index is 0.0675. The Kier molecular flexibility index (Phi) is 6.14. The number of H-pyrrole nitrogens is 1. The van der Waals surface area contributed by atoms with Gasteiger partial charge in [-0.15, -0.1) is 0 Å². The highest BCUT2D eigenvalue weighted by atomic mass is 35.5. The summed E-state index contributed by atoms with van der Waals surface area (Å²) in [6.07, 6.45) is 7.86. The fourth-order valence-corrected chi connectivity index (χ4v) is 4.93. The van der Waals surface area contributed by atoms with E-state index >= 15 is 0 Å². The summed E-state index contributed by atoms with van der Waals surface area (Å²) in [6, 6.07) is 16.5. The minimum absolute atomic E-state index is 0.0675. The molecule has 5 nitrogen and oxygen atoms in total. The summed E-state index contributed by atoms with van der Waals surface area (Å²) in [5.74, 6) is 0.941. The van der Waals surface area contributed by atoms with E-state index in [2.05, 4.69) is 52.5 Å². The van der Waals surface area contributed by atoms with E-state index in [0.717, 1.165) is 47.7 Å². The number of benzene rings is 2. The second-order valence-electron chi connectivity index (χ2n) is 8.97. The first-order chi connectivity index (χ1) is 16.1. The van der Waals surface area contributed by atoms with Crippen LogP contribution in [-0.2, 0) is 11.2 Å². The van der Waals surface area contributed by atoms with Crippen molar-refractivity contribution in [3.8, 4) is 11.3 Å². The van der Waals surface area contributed by atoms with Crippen molar-refractivity contribution < 1.29 is 4.79 Å². The van der Waals surface area contributed by atoms with Gasteiger partial charge in [0.15, 0.2) is 0 Å². The number of para-hydroxylation sites is 1. The highest BCUT2D eigenvalue weighted by molar-refractivity contribution is 6.33. The quantitative estimate of drug-likeness (QED) is 0.352. The molecule has 0 radical (unpaired) electrons. The van der Waals surface area contributed by atoms with E-state index in [0.29, 0.717) is 28.9 Å². The Morgan fingerprint density at radius 2 is 1.97 bits per heavy atom. The van der Waals surface area contributed by atoms with Crippen LogP contribution in [0.3, 0.4) is 0 Å². The number of hydrogen-bond donors (Lipinski definition) is 2. The Morgan fingerprint density at radius 1 is 1.15 bits per heavy atom. The zero-order chi connectivity index (χ0) is 22.8. The third kappa shape index (κ3) is 4.79. The molecule has 1 fully saturated rings. The van der Waals surface area contributed by atoms with Crippen molar-refractivity contribution in [3.05, 3.63) is 77.1 Å². The Balaban J connectivity index is 1.29. The molecular weight excluding hydrogens is 432 g/mol. The monoisotopic (exact) mass is 458 g/mol. The SMILES string of the molecule is Cc1ccc(CC(=O)[C@H]2CCCC(Nc3ncc(Cl)c(-c4c[nH]c5ccccc45)n3)C2)cc1. The first-order valence-corrected chi connectivity index (χ1v) is 11.9. The second-order valence-corrected chi connectivity index (χ2v) is 9.38. The number of nitrogens with zero attached hydrogens (tertiary/aromatic N) is 2. The van der Waals surface area contributed by atoms with E-state index in [1.165, 1.54) is 5.56 Å². The number of halogens is 1. The molecule has 4 aromatic rings.